The quantitative estimate of drug-likeness (QED) is 0.784. The first-order valence-corrected chi connectivity index (χ1v) is 6.67. The smallest absolute Gasteiger partial charge is 0.225 e. The Bertz CT molecular complexity index is 807. The number of pyridine rings is 1. The molecule has 3 nitrogen and oxygen atoms in total. The van der Waals surface area contributed by atoms with E-state index in [1.165, 1.54) is 12.1 Å². The summed E-state index contributed by atoms with van der Waals surface area (Å²) >= 11 is 5.94. The van der Waals surface area contributed by atoms with Crippen LogP contribution in [0.1, 0.15) is 5.56 Å². The summed E-state index contributed by atoms with van der Waals surface area (Å²) in [5.74, 6) is 0.0986. The third kappa shape index (κ3) is 2.82. The van der Waals surface area contributed by atoms with Crippen LogP contribution in [0.4, 0.5) is 4.39 Å². The topological polar surface area (TPSA) is 42.4 Å². The predicted molar refractivity (Wildman–Crippen MR) is 79.1 cm³/mol. The van der Waals surface area contributed by atoms with Crippen LogP contribution in [0.5, 0.6) is 11.6 Å². The minimum Gasteiger partial charge on any atom is -0.437 e. The highest BCUT2D eigenvalue weighted by Crippen LogP contribution is 2.32. The summed E-state index contributed by atoms with van der Waals surface area (Å²) in [4.78, 5) is 4.37. The molecule has 3 aromatic rings. The van der Waals surface area contributed by atoms with Crippen LogP contribution in [0, 0.1) is 5.82 Å². The summed E-state index contributed by atoms with van der Waals surface area (Å²) < 4.78 is 18.7. The number of aliphatic hydroxyl groups excluding tert-OH is 1. The number of para-hydroxylation sites is 1. The number of halogens is 2. The number of nitrogens with zero attached hydrogens (tertiary/aromatic N) is 1. The van der Waals surface area contributed by atoms with Crippen LogP contribution in [-0.2, 0) is 6.61 Å². The van der Waals surface area contributed by atoms with E-state index in [4.69, 9.17) is 16.3 Å². The third-order valence-corrected chi connectivity index (χ3v) is 3.33. The number of hydrogen-bond acceptors (Lipinski definition) is 3. The molecule has 21 heavy (non-hydrogen) atoms. The number of hydrogen-bond donors (Lipinski definition) is 1. The molecule has 0 aliphatic heterocycles. The molecular weight excluding hydrogens is 293 g/mol. The molecule has 0 amide bonds. The molecule has 1 heterocycles. The second-order valence-electron chi connectivity index (χ2n) is 4.48. The van der Waals surface area contributed by atoms with Crippen molar-refractivity contribution in [1.82, 2.24) is 4.98 Å². The summed E-state index contributed by atoms with van der Waals surface area (Å²) in [5.41, 5.74) is 1.28. The Morgan fingerprint density at radius 3 is 2.71 bits per heavy atom. The van der Waals surface area contributed by atoms with E-state index in [1.54, 1.807) is 6.07 Å². The molecular formula is C16H11ClFNO2. The van der Waals surface area contributed by atoms with Gasteiger partial charge in [0.1, 0.15) is 11.6 Å². The van der Waals surface area contributed by atoms with Crippen molar-refractivity contribution in [2.75, 3.05) is 0 Å². The van der Waals surface area contributed by atoms with E-state index in [0.29, 0.717) is 5.56 Å². The van der Waals surface area contributed by atoms with Crippen molar-refractivity contribution in [3.05, 3.63) is 64.9 Å². The van der Waals surface area contributed by atoms with Crippen LogP contribution in [0.2, 0.25) is 5.02 Å². The maximum absolute atomic E-state index is 13.0. The van der Waals surface area contributed by atoms with Gasteiger partial charge in [0.2, 0.25) is 5.88 Å². The second kappa shape index (κ2) is 5.68. The van der Waals surface area contributed by atoms with Crippen LogP contribution in [-0.4, -0.2) is 10.1 Å². The average Bonchev–Trinajstić information content (AvgIpc) is 2.49. The Hall–Kier alpha value is -2.17. The van der Waals surface area contributed by atoms with Gasteiger partial charge in [0.25, 0.3) is 0 Å². The lowest BCUT2D eigenvalue weighted by atomic mass is 10.1. The first-order valence-electron chi connectivity index (χ1n) is 6.30. The SMILES string of the molecule is OCc1cc2ccccc2nc1Oc1ccc(F)cc1Cl. The molecule has 0 bridgehead atoms. The van der Waals surface area contributed by atoms with E-state index in [-0.39, 0.29) is 23.3 Å². The normalized spacial score (nSPS) is 10.8. The lowest BCUT2D eigenvalue weighted by Gasteiger charge is -2.11. The molecule has 0 spiro atoms. The number of rotatable bonds is 3. The molecule has 3 rings (SSSR count). The Morgan fingerprint density at radius 1 is 1.14 bits per heavy atom. The van der Waals surface area contributed by atoms with Gasteiger partial charge in [-0.25, -0.2) is 9.37 Å². The number of aromatic nitrogens is 1. The summed E-state index contributed by atoms with van der Waals surface area (Å²) in [6, 6.07) is 13.1. The highest BCUT2D eigenvalue weighted by atomic mass is 35.5. The van der Waals surface area contributed by atoms with Crippen LogP contribution < -0.4 is 4.74 Å². The van der Waals surface area contributed by atoms with Gasteiger partial charge in [-0.3, -0.25) is 0 Å². The van der Waals surface area contributed by atoms with Crippen molar-refractivity contribution in [3.8, 4) is 11.6 Å². The molecule has 106 valence electrons. The maximum atomic E-state index is 13.0. The Balaban J connectivity index is 2.06. The number of ether oxygens (including phenoxy) is 1. The van der Waals surface area contributed by atoms with E-state index in [9.17, 15) is 9.50 Å². The molecule has 2 aromatic carbocycles. The molecule has 1 aromatic heterocycles. The first kappa shape index (κ1) is 13.8. The second-order valence-corrected chi connectivity index (χ2v) is 4.89. The predicted octanol–water partition coefficient (Wildman–Crippen LogP) is 4.31. The molecule has 0 radical (unpaired) electrons. The zero-order valence-corrected chi connectivity index (χ0v) is 11.6. The van der Waals surface area contributed by atoms with Gasteiger partial charge in [-0.15, -0.1) is 0 Å². The van der Waals surface area contributed by atoms with Crippen molar-refractivity contribution in [3.63, 3.8) is 0 Å². The van der Waals surface area contributed by atoms with Gasteiger partial charge in [-0.2, -0.15) is 0 Å². The first-order chi connectivity index (χ1) is 10.2. The largest absolute Gasteiger partial charge is 0.437 e. The van der Waals surface area contributed by atoms with E-state index in [0.717, 1.165) is 17.0 Å². The Morgan fingerprint density at radius 2 is 1.95 bits per heavy atom. The van der Waals surface area contributed by atoms with Gasteiger partial charge in [0.15, 0.2) is 0 Å². The maximum Gasteiger partial charge on any atom is 0.225 e. The number of benzene rings is 2. The van der Waals surface area contributed by atoms with E-state index in [2.05, 4.69) is 4.98 Å². The highest BCUT2D eigenvalue weighted by Gasteiger charge is 2.11. The van der Waals surface area contributed by atoms with Crippen LogP contribution in [0.15, 0.2) is 48.5 Å². The molecule has 0 atom stereocenters. The molecule has 0 fully saturated rings. The van der Waals surface area contributed by atoms with Gasteiger partial charge in [0.05, 0.1) is 17.1 Å². The molecule has 0 aliphatic carbocycles. The van der Waals surface area contributed by atoms with Crippen molar-refractivity contribution in [1.29, 1.82) is 0 Å². The Kier molecular flexibility index (Phi) is 3.73. The molecule has 0 aliphatic rings. The fraction of sp³-hybridized carbons (Fsp3) is 0.0625. The third-order valence-electron chi connectivity index (χ3n) is 3.03. The van der Waals surface area contributed by atoms with Crippen molar-refractivity contribution in [2.45, 2.75) is 6.61 Å². The minimum absolute atomic E-state index is 0.147. The Labute approximate surface area is 125 Å². The molecule has 0 saturated heterocycles. The summed E-state index contributed by atoms with van der Waals surface area (Å²) in [6.07, 6.45) is 0. The summed E-state index contributed by atoms with van der Waals surface area (Å²) in [7, 11) is 0. The van der Waals surface area contributed by atoms with E-state index >= 15 is 0 Å². The van der Waals surface area contributed by atoms with E-state index in [1.807, 2.05) is 24.3 Å². The lowest BCUT2D eigenvalue weighted by molar-refractivity contribution is 0.275. The minimum atomic E-state index is -0.443. The fourth-order valence-electron chi connectivity index (χ4n) is 2.01. The van der Waals surface area contributed by atoms with Crippen LogP contribution >= 0.6 is 11.6 Å². The van der Waals surface area contributed by atoms with Gasteiger partial charge in [0, 0.05) is 10.9 Å². The van der Waals surface area contributed by atoms with Gasteiger partial charge < -0.3 is 9.84 Å². The van der Waals surface area contributed by atoms with Crippen molar-refractivity contribution >= 4 is 22.5 Å². The molecule has 0 unspecified atom stereocenters. The monoisotopic (exact) mass is 303 g/mol. The number of aliphatic hydroxyl groups is 1. The summed E-state index contributed by atoms with van der Waals surface area (Å²) in [6.45, 7) is -0.216. The molecule has 1 N–H and O–H groups in total. The lowest BCUT2D eigenvalue weighted by Crippen LogP contribution is -1.96. The zero-order valence-electron chi connectivity index (χ0n) is 10.9. The van der Waals surface area contributed by atoms with E-state index < -0.39 is 5.82 Å². The van der Waals surface area contributed by atoms with Crippen molar-refractivity contribution in [2.24, 2.45) is 0 Å². The van der Waals surface area contributed by atoms with Crippen molar-refractivity contribution < 1.29 is 14.2 Å². The average molecular weight is 304 g/mol. The standard InChI is InChI=1S/C16H11ClFNO2/c17-13-8-12(18)5-6-15(13)21-16-11(9-20)7-10-3-1-2-4-14(10)19-16/h1-8,20H,9H2. The van der Waals surface area contributed by atoms with Gasteiger partial charge in [-0.1, -0.05) is 29.8 Å². The molecule has 0 saturated carbocycles. The van der Waals surface area contributed by atoms with Crippen LogP contribution in [0.3, 0.4) is 0 Å². The fourth-order valence-corrected chi connectivity index (χ4v) is 2.21. The van der Waals surface area contributed by atoms with Gasteiger partial charge >= 0.3 is 0 Å². The molecule has 5 heteroatoms. The van der Waals surface area contributed by atoms with Crippen LogP contribution in [0.25, 0.3) is 10.9 Å². The number of fused-ring (bicyclic) bond motifs is 1. The van der Waals surface area contributed by atoms with Gasteiger partial charge in [-0.05, 0) is 30.3 Å². The summed E-state index contributed by atoms with van der Waals surface area (Å²) in [5, 5.41) is 10.5. The highest BCUT2D eigenvalue weighted by molar-refractivity contribution is 6.32. The zero-order chi connectivity index (χ0) is 14.8.